The van der Waals surface area contributed by atoms with Crippen molar-refractivity contribution in [2.24, 2.45) is 0 Å². The van der Waals surface area contributed by atoms with Gasteiger partial charge in [0.2, 0.25) is 0 Å². The molecule has 1 N–H and O–H groups in total. The lowest BCUT2D eigenvalue weighted by molar-refractivity contribution is -0.0374. The van der Waals surface area contributed by atoms with Crippen molar-refractivity contribution in [3.05, 3.63) is 76.5 Å². The largest absolute Gasteiger partial charge is 0.381 e. The summed E-state index contributed by atoms with van der Waals surface area (Å²) in [6.07, 6.45) is 3.40. The molecule has 0 saturated carbocycles. The molecule has 0 aliphatic heterocycles. The first-order valence-electron chi connectivity index (χ1n) is 9.92. The molecule has 0 aliphatic carbocycles. The van der Waals surface area contributed by atoms with Gasteiger partial charge in [0.25, 0.3) is 0 Å². The predicted octanol–water partition coefficient (Wildman–Crippen LogP) is 4.58. The molecule has 6 nitrogen and oxygen atoms in total. The molecular formula is C22H22ClF2N5O. The van der Waals surface area contributed by atoms with E-state index in [-0.39, 0.29) is 12.1 Å². The van der Waals surface area contributed by atoms with E-state index in [4.69, 9.17) is 16.7 Å². The van der Waals surface area contributed by atoms with Gasteiger partial charge in [-0.1, -0.05) is 24.6 Å². The van der Waals surface area contributed by atoms with Crippen LogP contribution in [0, 0.1) is 18.6 Å². The highest BCUT2D eigenvalue weighted by atomic mass is 35.5. The molecule has 162 valence electrons. The summed E-state index contributed by atoms with van der Waals surface area (Å²) in [4.78, 5) is 3.91. The highest BCUT2D eigenvalue weighted by Crippen LogP contribution is 2.39. The van der Waals surface area contributed by atoms with Crippen molar-refractivity contribution in [2.75, 3.05) is 0 Å². The van der Waals surface area contributed by atoms with Crippen molar-refractivity contribution < 1.29 is 13.9 Å². The first-order chi connectivity index (χ1) is 14.8. The normalized spacial score (nSPS) is 14.7. The molecular weight excluding hydrogens is 424 g/mol. The molecule has 2 atom stereocenters. The van der Waals surface area contributed by atoms with E-state index in [2.05, 4.69) is 10.1 Å². The summed E-state index contributed by atoms with van der Waals surface area (Å²) < 4.78 is 31.6. The molecule has 2 heterocycles. The third kappa shape index (κ3) is 3.59. The Balaban J connectivity index is 1.92. The predicted molar refractivity (Wildman–Crippen MR) is 114 cm³/mol. The van der Waals surface area contributed by atoms with E-state index in [0.29, 0.717) is 11.4 Å². The van der Waals surface area contributed by atoms with Crippen molar-refractivity contribution in [3.63, 3.8) is 0 Å². The number of hydrogen-bond acceptors (Lipinski definition) is 4. The van der Waals surface area contributed by atoms with Gasteiger partial charge in [-0.3, -0.25) is 4.68 Å². The van der Waals surface area contributed by atoms with Crippen LogP contribution in [0.4, 0.5) is 8.78 Å². The second kappa shape index (κ2) is 8.01. The SMILES string of the molecule is CCc1c2ccc(Cl)c(C)c2nn1[C@H](C)[C@](O)(Cn1cncn1)c1ccc(F)cc1F. The summed E-state index contributed by atoms with van der Waals surface area (Å²) in [7, 11) is 0. The Morgan fingerprint density at radius 3 is 2.65 bits per heavy atom. The van der Waals surface area contributed by atoms with Gasteiger partial charge in [0.15, 0.2) is 0 Å². The number of benzene rings is 2. The maximum atomic E-state index is 14.9. The molecule has 4 aromatic rings. The minimum Gasteiger partial charge on any atom is -0.381 e. The quantitative estimate of drug-likeness (QED) is 0.471. The number of aromatic nitrogens is 5. The van der Waals surface area contributed by atoms with E-state index in [9.17, 15) is 13.9 Å². The molecule has 0 bridgehead atoms. The second-order valence-electron chi connectivity index (χ2n) is 7.63. The number of aliphatic hydroxyl groups is 1. The number of halogens is 3. The topological polar surface area (TPSA) is 68.8 Å². The van der Waals surface area contributed by atoms with E-state index >= 15 is 0 Å². The first kappa shape index (κ1) is 21.4. The average Bonchev–Trinajstić information content (AvgIpc) is 3.37. The fraction of sp³-hybridized carbons (Fsp3) is 0.318. The Hall–Kier alpha value is -2.84. The van der Waals surface area contributed by atoms with Gasteiger partial charge in [0.1, 0.15) is 29.9 Å². The van der Waals surface area contributed by atoms with Gasteiger partial charge >= 0.3 is 0 Å². The highest BCUT2D eigenvalue weighted by molar-refractivity contribution is 6.32. The summed E-state index contributed by atoms with van der Waals surface area (Å²) in [6, 6.07) is 6.14. The Labute approximate surface area is 183 Å². The lowest BCUT2D eigenvalue weighted by Gasteiger charge is -2.35. The third-order valence-electron chi connectivity index (χ3n) is 5.82. The molecule has 0 fully saturated rings. The third-order valence-corrected chi connectivity index (χ3v) is 6.23. The maximum absolute atomic E-state index is 14.9. The molecule has 0 saturated heterocycles. The van der Waals surface area contributed by atoms with Crippen molar-refractivity contribution in [1.82, 2.24) is 24.5 Å². The van der Waals surface area contributed by atoms with Gasteiger partial charge in [-0.25, -0.2) is 18.4 Å². The van der Waals surface area contributed by atoms with Crippen LogP contribution in [0.1, 0.15) is 36.7 Å². The van der Waals surface area contributed by atoms with E-state index in [1.54, 1.807) is 11.6 Å². The fourth-order valence-electron chi connectivity index (χ4n) is 4.05. The maximum Gasteiger partial charge on any atom is 0.137 e. The van der Waals surface area contributed by atoms with Gasteiger partial charge in [-0.05, 0) is 44.0 Å². The molecule has 0 radical (unpaired) electrons. The number of rotatable bonds is 6. The molecule has 0 amide bonds. The number of fused-ring (bicyclic) bond motifs is 1. The van der Waals surface area contributed by atoms with Crippen LogP contribution < -0.4 is 0 Å². The zero-order chi connectivity index (χ0) is 22.3. The van der Waals surface area contributed by atoms with E-state index in [0.717, 1.165) is 34.3 Å². The minimum atomic E-state index is -1.80. The molecule has 0 aliphatic rings. The zero-order valence-corrected chi connectivity index (χ0v) is 18.1. The lowest BCUT2D eigenvalue weighted by atomic mass is 9.86. The zero-order valence-electron chi connectivity index (χ0n) is 17.4. The molecule has 9 heteroatoms. The molecule has 31 heavy (non-hydrogen) atoms. The summed E-state index contributed by atoms with van der Waals surface area (Å²) in [5.41, 5.74) is 0.580. The lowest BCUT2D eigenvalue weighted by Crippen LogP contribution is -2.41. The molecule has 2 aromatic carbocycles. The minimum absolute atomic E-state index is 0.0479. The molecule has 2 aromatic heterocycles. The van der Waals surface area contributed by atoms with E-state index < -0.39 is 23.3 Å². The van der Waals surface area contributed by atoms with Gasteiger partial charge in [0.05, 0.1) is 18.1 Å². The van der Waals surface area contributed by atoms with Crippen molar-refractivity contribution in [3.8, 4) is 0 Å². The second-order valence-corrected chi connectivity index (χ2v) is 8.04. The van der Waals surface area contributed by atoms with Crippen LogP contribution in [0.5, 0.6) is 0 Å². The van der Waals surface area contributed by atoms with Crippen molar-refractivity contribution >= 4 is 22.5 Å². The summed E-state index contributed by atoms with van der Waals surface area (Å²) in [6.45, 7) is 5.52. The van der Waals surface area contributed by atoms with E-state index in [1.807, 2.05) is 26.0 Å². The Kier molecular flexibility index (Phi) is 5.53. The van der Waals surface area contributed by atoms with Crippen molar-refractivity contribution in [1.29, 1.82) is 0 Å². The van der Waals surface area contributed by atoms with Crippen LogP contribution in [-0.4, -0.2) is 29.7 Å². The summed E-state index contributed by atoms with van der Waals surface area (Å²) in [5, 5.41) is 22.2. The smallest absolute Gasteiger partial charge is 0.137 e. The molecule has 4 rings (SSSR count). The summed E-state index contributed by atoms with van der Waals surface area (Å²) >= 11 is 6.29. The van der Waals surface area contributed by atoms with Crippen LogP contribution in [0.15, 0.2) is 43.0 Å². The van der Waals surface area contributed by atoms with Gasteiger partial charge in [0, 0.05) is 27.7 Å². The van der Waals surface area contributed by atoms with Crippen molar-refractivity contribution in [2.45, 2.75) is 45.4 Å². The van der Waals surface area contributed by atoms with Gasteiger partial charge < -0.3 is 5.11 Å². The van der Waals surface area contributed by atoms with Crippen LogP contribution in [0.25, 0.3) is 10.9 Å². The number of nitrogens with zero attached hydrogens (tertiary/aromatic N) is 5. The van der Waals surface area contributed by atoms with Crippen LogP contribution in [0.3, 0.4) is 0 Å². The number of aryl methyl sites for hydroxylation is 2. The monoisotopic (exact) mass is 445 g/mol. The first-order valence-corrected chi connectivity index (χ1v) is 10.3. The average molecular weight is 446 g/mol. The van der Waals surface area contributed by atoms with Gasteiger partial charge in [-0.2, -0.15) is 10.2 Å². The van der Waals surface area contributed by atoms with Crippen LogP contribution in [-0.2, 0) is 18.6 Å². The van der Waals surface area contributed by atoms with Crippen LogP contribution >= 0.6 is 11.6 Å². The van der Waals surface area contributed by atoms with E-state index in [1.165, 1.54) is 23.4 Å². The molecule has 0 spiro atoms. The standard InChI is InChI=1S/C22H22ClF2N5O/c1-4-20-16-6-8-18(23)13(2)21(16)28-30(20)14(3)22(31,10-29-12-26-11-27-29)17-7-5-15(24)9-19(17)25/h5-9,11-12,14,31H,4,10H2,1-3H3/t14-,22-/m1/s1. The molecule has 0 unspecified atom stereocenters. The summed E-state index contributed by atoms with van der Waals surface area (Å²) in [5.74, 6) is -1.56. The Morgan fingerprint density at radius 2 is 2.00 bits per heavy atom. The van der Waals surface area contributed by atoms with Gasteiger partial charge in [-0.15, -0.1) is 0 Å². The Bertz CT molecular complexity index is 1240. The Morgan fingerprint density at radius 1 is 1.23 bits per heavy atom. The number of hydrogen-bond donors (Lipinski definition) is 1. The fourth-order valence-corrected chi connectivity index (χ4v) is 4.20. The van der Waals surface area contributed by atoms with Crippen LogP contribution in [0.2, 0.25) is 5.02 Å². The highest BCUT2D eigenvalue weighted by Gasteiger charge is 2.41.